The first-order valence-corrected chi connectivity index (χ1v) is 16.3. The van der Waals surface area contributed by atoms with E-state index in [0.717, 1.165) is 6.07 Å². The van der Waals surface area contributed by atoms with Crippen molar-refractivity contribution < 1.29 is 45.4 Å². The number of alkyl halides is 6. The molecule has 6 N–H and O–H groups in total. The smallest absolute Gasteiger partial charge is 0.405 e. The van der Waals surface area contributed by atoms with Crippen molar-refractivity contribution in [2.24, 2.45) is 5.73 Å². The number of carbonyl (C=O) groups excluding carboxylic acids is 2. The molecule has 0 bridgehead atoms. The van der Waals surface area contributed by atoms with Crippen molar-refractivity contribution in [3.05, 3.63) is 131 Å². The monoisotopic (exact) mass is 792 g/mol. The van der Waals surface area contributed by atoms with Gasteiger partial charge in [-0.05, 0) is 36.4 Å². The van der Waals surface area contributed by atoms with E-state index in [0.29, 0.717) is 22.3 Å². The Kier molecular flexibility index (Phi) is 11.3. The van der Waals surface area contributed by atoms with Crippen molar-refractivity contribution in [2.75, 3.05) is 5.32 Å². The number of rotatable bonds is 10. The number of hydrogen-bond acceptors (Lipinski definition) is 10. The lowest BCUT2D eigenvalue weighted by molar-refractivity contribution is -0.275. The number of benzene rings is 2. The number of nitrogens with zero attached hydrogens (tertiary/aromatic N) is 5. The molecule has 0 spiro atoms. The summed E-state index contributed by atoms with van der Waals surface area (Å²) in [6, 6.07) is 17.7. The third-order valence-corrected chi connectivity index (χ3v) is 7.72. The molecular formula is C36H26F6N10O5. The lowest BCUT2D eigenvalue weighted by atomic mass is 10.1. The first kappa shape index (κ1) is 39.1. The van der Waals surface area contributed by atoms with Crippen molar-refractivity contribution in [2.45, 2.75) is 25.6 Å². The Morgan fingerprint density at radius 2 is 1.30 bits per heavy atom. The summed E-state index contributed by atoms with van der Waals surface area (Å²) in [6.45, 7) is 0. The molecule has 0 saturated heterocycles. The molecule has 5 heterocycles. The van der Waals surface area contributed by atoms with Gasteiger partial charge in [0.25, 0.3) is 11.5 Å². The van der Waals surface area contributed by atoms with E-state index < -0.39 is 42.3 Å². The van der Waals surface area contributed by atoms with Crippen molar-refractivity contribution in [1.82, 2.24) is 40.3 Å². The number of hydrogen-bond donors (Lipinski definition) is 5. The summed E-state index contributed by atoms with van der Waals surface area (Å²) in [6.07, 6.45) is -4.06. The van der Waals surface area contributed by atoms with E-state index in [1.165, 1.54) is 48.8 Å². The molecule has 0 fully saturated rings. The van der Waals surface area contributed by atoms with Gasteiger partial charge in [-0.1, -0.05) is 36.4 Å². The molecule has 7 aromatic rings. The summed E-state index contributed by atoms with van der Waals surface area (Å²) < 4.78 is 83.5. The van der Waals surface area contributed by atoms with Gasteiger partial charge >= 0.3 is 12.7 Å². The Labute approximate surface area is 315 Å². The fourth-order valence-corrected chi connectivity index (χ4v) is 5.39. The molecule has 7 rings (SSSR count). The molecule has 2 amide bonds. The van der Waals surface area contributed by atoms with Crippen LogP contribution in [0.15, 0.2) is 102 Å². The van der Waals surface area contributed by atoms with Crippen LogP contribution < -0.4 is 26.1 Å². The Hall–Kier alpha value is -7.58. The van der Waals surface area contributed by atoms with Crippen LogP contribution in [-0.4, -0.2) is 64.9 Å². The van der Waals surface area contributed by atoms with Gasteiger partial charge in [-0.15, -0.1) is 26.3 Å². The summed E-state index contributed by atoms with van der Waals surface area (Å²) in [7, 11) is 0. The second-order valence-electron chi connectivity index (χ2n) is 11.7. The number of pyridine rings is 2. The number of para-hydroxylation sites is 2. The number of anilines is 1. The van der Waals surface area contributed by atoms with Crippen molar-refractivity contribution >= 4 is 28.5 Å². The van der Waals surface area contributed by atoms with Crippen molar-refractivity contribution in [3.63, 3.8) is 0 Å². The van der Waals surface area contributed by atoms with Crippen LogP contribution in [0.1, 0.15) is 27.4 Å². The number of amides is 2. The fourth-order valence-electron chi connectivity index (χ4n) is 5.39. The number of H-pyrrole nitrogens is 3. The highest BCUT2D eigenvalue weighted by Crippen LogP contribution is 2.31. The number of aromatic nitrogens is 8. The van der Waals surface area contributed by atoms with Gasteiger partial charge < -0.3 is 25.5 Å². The van der Waals surface area contributed by atoms with E-state index in [4.69, 9.17) is 5.73 Å². The van der Waals surface area contributed by atoms with Gasteiger partial charge in [0, 0.05) is 53.5 Å². The third-order valence-electron chi connectivity index (χ3n) is 7.72. The molecule has 57 heavy (non-hydrogen) atoms. The van der Waals surface area contributed by atoms with E-state index >= 15 is 0 Å². The molecule has 21 heteroatoms. The van der Waals surface area contributed by atoms with Gasteiger partial charge in [-0.2, -0.15) is 10.2 Å². The number of nitrogens with one attached hydrogen (secondary N) is 4. The van der Waals surface area contributed by atoms with Gasteiger partial charge in [0.15, 0.2) is 0 Å². The molecule has 0 unspecified atom stereocenters. The molecule has 292 valence electrons. The largest absolute Gasteiger partial charge is 0.573 e. The minimum Gasteiger partial charge on any atom is -0.405 e. The SMILES string of the molecule is NC(=O)c1[nH]nc(-c2cccnc2)c1NC(=O)Cc1ccccc1OC(F)(F)F.O=c1[nH]c(Cc2ccccc2OC(F)(F)F)nc2c(-c3cccnc3)n[nH]c12. The number of nitrogens with two attached hydrogens (primary N) is 1. The van der Waals surface area contributed by atoms with Crippen LogP contribution in [0.5, 0.6) is 11.5 Å². The van der Waals surface area contributed by atoms with E-state index in [1.807, 2.05) is 0 Å². The second-order valence-corrected chi connectivity index (χ2v) is 11.7. The van der Waals surface area contributed by atoms with E-state index in [1.54, 1.807) is 42.7 Å². The Balaban J connectivity index is 0.000000193. The number of halogens is 6. The molecule has 0 aliphatic heterocycles. The molecule has 0 radical (unpaired) electrons. The Bertz CT molecular complexity index is 2580. The highest BCUT2D eigenvalue weighted by molar-refractivity contribution is 6.05. The third kappa shape index (κ3) is 9.95. The second kappa shape index (κ2) is 16.4. The van der Waals surface area contributed by atoms with Crippen LogP contribution in [0.3, 0.4) is 0 Å². The minimum atomic E-state index is -4.90. The van der Waals surface area contributed by atoms with E-state index in [-0.39, 0.29) is 51.7 Å². The molecule has 5 aromatic heterocycles. The summed E-state index contributed by atoms with van der Waals surface area (Å²) in [4.78, 5) is 51.4. The number of carbonyl (C=O) groups is 2. The van der Waals surface area contributed by atoms with Gasteiger partial charge in [0.2, 0.25) is 5.91 Å². The molecular weight excluding hydrogens is 766 g/mol. The normalized spacial score (nSPS) is 11.4. The van der Waals surface area contributed by atoms with E-state index in [9.17, 15) is 40.7 Å². The maximum Gasteiger partial charge on any atom is 0.573 e. The van der Waals surface area contributed by atoms with Crippen LogP contribution in [0.2, 0.25) is 0 Å². The molecule has 2 aromatic carbocycles. The quantitative estimate of drug-likeness (QED) is 0.104. The molecule has 0 saturated carbocycles. The average Bonchev–Trinajstić information content (AvgIpc) is 3.78. The highest BCUT2D eigenvalue weighted by atomic mass is 19.4. The zero-order chi connectivity index (χ0) is 40.7. The van der Waals surface area contributed by atoms with E-state index in [2.05, 4.69) is 55.1 Å². The van der Waals surface area contributed by atoms with Gasteiger partial charge in [0.05, 0.1) is 6.42 Å². The predicted molar refractivity (Wildman–Crippen MR) is 189 cm³/mol. The zero-order valence-electron chi connectivity index (χ0n) is 28.8. The fraction of sp³-hybridized carbons (Fsp3) is 0.111. The van der Waals surface area contributed by atoms with Gasteiger partial charge in [-0.25, -0.2) is 4.98 Å². The Morgan fingerprint density at radius 1 is 0.737 bits per heavy atom. The summed E-state index contributed by atoms with van der Waals surface area (Å²) in [5, 5.41) is 15.7. The number of ether oxygens (including phenoxy) is 2. The number of fused-ring (bicyclic) bond motifs is 1. The summed E-state index contributed by atoms with van der Waals surface area (Å²) in [5.41, 5.74) is 7.17. The standard InChI is InChI=1S/C18H14F3N5O3.C18H12F3N5O2/c19-18(20,21)29-12-6-2-1-4-10(12)8-13(27)24-15-14(11-5-3-7-23-9-11)25-26-16(15)17(22)28;19-18(20,21)28-12-6-2-1-4-10(12)8-13-23-15-14(11-5-3-7-22-9-11)25-26-16(15)17(27)24-13/h1-7,9H,8H2,(H2,22,28)(H,24,27)(H,25,26);1-7,9H,8H2,(H,25,26)(H,23,24,27). The maximum absolute atomic E-state index is 12.6. The van der Waals surface area contributed by atoms with Gasteiger partial charge in [0.1, 0.15) is 51.1 Å². The van der Waals surface area contributed by atoms with Crippen LogP contribution in [-0.2, 0) is 17.6 Å². The van der Waals surface area contributed by atoms with Crippen LogP contribution in [0.25, 0.3) is 33.5 Å². The number of aromatic amines is 3. The lowest BCUT2D eigenvalue weighted by Crippen LogP contribution is -2.21. The topological polar surface area (TPSA) is 220 Å². The molecule has 15 nitrogen and oxygen atoms in total. The van der Waals surface area contributed by atoms with Crippen LogP contribution >= 0.6 is 0 Å². The minimum absolute atomic E-state index is 0.00437. The summed E-state index contributed by atoms with van der Waals surface area (Å²) in [5.74, 6) is -2.23. The number of primary amides is 1. The maximum atomic E-state index is 12.6. The molecule has 0 atom stereocenters. The summed E-state index contributed by atoms with van der Waals surface area (Å²) >= 11 is 0. The average molecular weight is 793 g/mol. The predicted octanol–water partition coefficient (Wildman–Crippen LogP) is 5.85. The Morgan fingerprint density at radius 3 is 1.88 bits per heavy atom. The van der Waals surface area contributed by atoms with Crippen LogP contribution in [0, 0.1) is 0 Å². The molecule has 0 aliphatic carbocycles. The first-order chi connectivity index (χ1) is 27.1. The zero-order valence-corrected chi connectivity index (χ0v) is 28.8. The first-order valence-electron chi connectivity index (χ1n) is 16.3. The van der Waals surface area contributed by atoms with Crippen molar-refractivity contribution in [3.8, 4) is 34.0 Å². The van der Waals surface area contributed by atoms with Gasteiger partial charge in [-0.3, -0.25) is 34.5 Å². The van der Waals surface area contributed by atoms with Crippen molar-refractivity contribution in [1.29, 1.82) is 0 Å². The molecule has 0 aliphatic rings. The highest BCUT2D eigenvalue weighted by Gasteiger charge is 2.33. The lowest BCUT2D eigenvalue weighted by Gasteiger charge is -2.13. The van der Waals surface area contributed by atoms with Crippen LogP contribution in [0.4, 0.5) is 32.0 Å².